The zero-order valence-electron chi connectivity index (χ0n) is 10.2. The lowest BCUT2D eigenvalue weighted by molar-refractivity contribution is -0.139. The molecule has 0 atom stereocenters. The second-order valence-corrected chi connectivity index (χ2v) is 4.19. The first-order valence-electron chi connectivity index (χ1n) is 5.60. The highest BCUT2D eigenvalue weighted by molar-refractivity contribution is 5.89. The quantitative estimate of drug-likeness (QED) is 0.837. The van der Waals surface area contributed by atoms with E-state index in [1.54, 1.807) is 0 Å². The number of carboxylic acids is 1. The van der Waals surface area contributed by atoms with E-state index in [2.05, 4.69) is 0 Å². The largest absolute Gasteiger partial charge is 0.478 e. The van der Waals surface area contributed by atoms with Crippen LogP contribution in [0, 0.1) is 11.6 Å². The fourth-order valence-corrected chi connectivity index (χ4v) is 1.79. The lowest BCUT2D eigenvalue weighted by Crippen LogP contribution is -2.08. The van der Waals surface area contributed by atoms with Gasteiger partial charge in [-0.25, -0.2) is 13.6 Å². The van der Waals surface area contributed by atoms with Crippen molar-refractivity contribution in [3.63, 3.8) is 0 Å². The minimum atomic E-state index is -4.88. The van der Waals surface area contributed by atoms with Crippen LogP contribution in [0.1, 0.15) is 15.9 Å². The predicted molar refractivity (Wildman–Crippen MR) is 63.8 cm³/mol. The Kier molecular flexibility index (Phi) is 3.67. The van der Waals surface area contributed by atoms with E-state index >= 15 is 0 Å². The van der Waals surface area contributed by atoms with Gasteiger partial charge in [0.2, 0.25) is 0 Å². The molecule has 0 heterocycles. The summed E-state index contributed by atoms with van der Waals surface area (Å²) in [4.78, 5) is 10.8. The molecule has 0 radical (unpaired) electrons. The topological polar surface area (TPSA) is 37.3 Å². The monoisotopic (exact) mass is 302 g/mol. The fourth-order valence-electron chi connectivity index (χ4n) is 1.79. The highest BCUT2D eigenvalue weighted by atomic mass is 19.4. The number of rotatable bonds is 2. The van der Waals surface area contributed by atoms with Gasteiger partial charge in [0.15, 0.2) is 0 Å². The summed E-state index contributed by atoms with van der Waals surface area (Å²) in [5.41, 5.74) is -2.17. The molecular weight excluding hydrogens is 295 g/mol. The minimum Gasteiger partial charge on any atom is -0.478 e. The molecule has 0 aliphatic heterocycles. The Morgan fingerprint density at radius 2 is 1.43 bits per heavy atom. The van der Waals surface area contributed by atoms with E-state index in [1.165, 1.54) is 0 Å². The first-order valence-corrected chi connectivity index (χ1v) is 5.60. The zero-order valence-corrected chi connectivity index (χ0v) is 10.2. The Morgan fingerprint density at radius 1 is 0.905 bits per heavy atom. The van der Waals surface area contributed by atoms with Crippen molar-refractivity contribution in [2.75, 3.05) is 0 Å². The van der Waals surface area contributed by atoms with Crippen LogP contribution in [-0.4, -0.2) is 11.1 Å². The molecule has 21 heavy (non-hydrogen) atoms. The molecule has 0 amide bonds. The first-order chi connectivity index (χ1) is 9.70. The summed E-state index contributed by atoms with van der Waals surface area (Å²) in [6, 6.07) is 5.08. The summed E-state index contributed by atoms with van der Waals surface area (Å²) in [6.45, 7) is 0. The molecule has 0 saturated carbocycles. The molecular formula is C14H7F5O2. The van der Waals surface area contributed by atoms with E-state index in [-0.39, 0.29) is 11.1 Å². The van der Waals surface area contributed by atoms with Crippen molar-refractivity contribution in [1.82, 2.24) is 0 Å². The SMILES string of the molecule is O=C(O)c1cc(-c2ccc(F)c(C(F)(F)F)c2)ccc1F. The number of aromatic carboxylic acids is 1. The Hall–Kier alpha value is -2.44. The van der Waals surface area contributed by atoms with E-state index in [0.717, 1.165) is 24.3 Å². The van der Waals surface area contributed by atoms with Gasteiger partial charge in [0, 0.05) is 0 Å². The maximum atomic E-state index is 13.2. The van der Waals surface area contributed by atoms with Gasteiger partial charge in [0.1, 0.15) is 11.6 Å². The molecule has 0 fully saturated rings. The van der Waals surface area contributed by atoms with E-state index in [0.29, 0.717) is 12.1 Å². The Balaban J connectivity index is 2.58. The van der Waals surface area contributed by atoms with Crippen LogP contribution in [0.3, 0.4) is 0 Å². The van der Waals surface area contributed by atoms with Gasteiger partial charge in [0.25, 0.3) is 0 Å². The van der Waals surface area contributed by atoms with Gasteiger partial charge >= 0.3 is 12.1 Å². The summed E-state index contributed by atoms with van der Waals surface area (Å²) >= 11 is 0. The number of benzene rings is 2. The lowest BCUT2D eigenvalue weighted by Gasteiger charge is -2.10. The summed E-state index contributed by atoms with van der Waals surface area (Å²) in [5, 5.41) is 8.78. The highest BCUT2D eigenvalue weighted by Gasteiger charge is 2.34. The van der Waals surface area contributed by atoms with Gasteiger partial charge in [-0.2, -0.15) is 13.2 Å². The molecule has 0 unspecified atom stereocenters. The Labute approximate surface area is 115 Å². The average molecular weight is 302 g/mol. The van der Waals surface area contributed by atoms with Gasteiger partial charge in [-0.1, -0.05) is 12.1 Å². The van der Waals surface area contributed by atoms with Crippen molar-refractivity contribution < 1.29 is 31.9 Å². The molecule has 0 bridgehead atoms. The lowest BCUT2D eigenvalue weighted by atomic mass is 10.0. The van der Waals surface area contributed by atoms with Crippen molar-refractivity contribution in [3.05, 3.63) is 59.2 Å². The van der Waals surface area contributed by atoms with Crippen molar-refractivity contribution in [2.45, 2.75) is 6.18 Å². The van der Waals surface area contributed by atoms with Gasteiger partial charge in [0.05, 0.1) is 11.1 Å². The molecule has 1 N–H and O–H groups in total. The minimum absolute atomic E-state index is 0.0410. The predicted octanol–water partition coefficient (Wildman–Crippen LogP) is 4.35. The second kappa shape index (κ2) is 5.16. The van der Waals surface area contributed by atoms with Crippen molar-refractivity contribution in [1.29, 1.82) is 0 Å². The average Bonchev–Trinajstić information content (AvgIpc) is 2.38. The van der Waals surface area contributed by atoms with E-state index in [1.807, 2.05) is 0 Å². The Bertz CT molecular complexity index is 707. The van der Waals surface area contributed by atoms with Crippen molar-refractivity contribution >= 4 is 5.97 Å². The van der Waals surface area contributed by atoms with Crippen LogP contribution in [-0.2, 0) is 6.18 Å². The number of hydrogen-bond acceptors (Lipinski definition) is 1. The molecule has 110 valence electrons. The summed E-state index contributed by atoms with van der Waals surface area (Å²) in [7, 11) is 0. The van der Waals surface area contributed by atoms with Crippen molar-refractivity contribution in [3.8, 4) is 11.1 Å². The summed E-state index contributed by atoms with van der Waals surface area (Å²) < 4.78 is 64.3. The van der Waals surface area contributed by atoms with Gasteiger partial charge in [-0.05, 0) is 35.4 Å². The highest BCUT2D eigenvalue weighted by Crippen LogP contribution is 2.34. The number of hydrogen-bond donors (Lipinski definition) is 1. The fraction of sp³-hybridized carbons (Fsp3) is 0.0714. The number of halogens is 5. The molecule has 0 aromatic heterocycles. The smallest absolute Gasteiger partial charge is 0.419 e. The maximum absolute atomic E-state index is 13.2. The molecule has 0 saturated heterocycles. The molecule has 0 spiro atoms. The van der Waals surface area contributed by atoms with Gasteiger partial charge in [-0.15, -0.1) is 0 Å². The zero-order chi connectivity index (χ0) is 15.8. The second-order valence-electron chi connectivity index (χ2n) is 4.19. The third-order valence-electron chi connectivity index (χ3n) is 2.80. The van der Waals surface area contributed by atoms with Crippen LogP contribution in [0.2, 0.25) is 0 Å². The normalized spacial score (nSPS) is 11.5. The van der Waals surface area contributed by atoms with Crippen LogP contribution < -0.4 is 0 Å². The first kappa shape index (κ1) is 15.0. The van der Waals surface area contributed by atoms with E-state index in [4.69, 9.17) is 5.11 Å². The third-order valence-corrected chi connectivity index (χ3v) is 2.80. The van der Waals surface area contributed by atoms with Crippen LogP contribution in [0.4, 0.5) is 22.0 Å². The molecule has 2 aromatic carbocycles. The summed E-state index contributed by atoms with van der Waals surface area (Å²) in [5.74, 6) is -4.00. The molecule has 7 heteroatoms. The third kappa shape index (κ3) is 3.01. The van der Waals surface area contributed by atoms with Crippen LogP contribution in [0.15, 0.2) is 36.4 Å². The number of carboxylic acid groups (broad SMARTS) is 1. The number of carbonyl (C=O) groups is 1. The van der Waals surface area contributed by atoms with Crippen LogP contribution in [0.25, 0.3) is 11.1 Å². The summed E-state index contributed by atoms with van der Waals surface area (Å²) in [6.07, 6.45) is -4.88. The van der Waals surface area contributed by atoms with E-state index < -0.39 is 34.9 Å². The van der Waals surface area contributed by atoms with Crippen molar-refractivity contribution in [2.24, 2.45) is 0 Å². The molecule has 0 aliphatic rings. The van der Waals surface area contributed by atoms with Gasteiger partial charge in [-0.3, -0.25) is 0 Å². The van der Waals surface area contributed by atoms with Crippen LogP contribution >= 0.6 is 0 Å². The maximum Gasteiger partial charge on any atom is 0.419 e. The Morgan fingerprint density at radius 3 is 1.95 bits per heavy atom. The van der Waals surface area contributed by atoms with Gasteiger partial charge < -0.3 is 5.11 Å². The van der Waals surface area contributed by atoms with Crippen LogP contribution in [0.5, 0.6) is 0 Å². The standard InChI is InChI=1S/C14H7F5O2/c15-11-3-1-7(5-9(11)13(20)21)8-2-4-12(16)10(6-8)14(17,18)19/h1-6H,(H,20,21). The molecule has 2 nitrogen and oxygen atoms in total. The molecule has 2 rings (SSSR count). The molecule has 0 aliphatic carbocycles. The number of alkyl halides is 3. The van der Waals surface area contributed by atoms with E-state index in [9.17, 15) is 26.7 Å². The molecule has 2 aromatic rings.